The fraction of sp³-hybridized carbons (Fsp3) is 0.403. The Hall–Kier alpha value is -8.31. The van der Waals surface area contributed by atoms with Crippen LogP contribution in [0, 0.1) is 38.7 Å². The van der Waals surface area contributed by atoms with Gasteiger partial charge in [0.15, 0.2) is 11.5 Å². The molecule has 4 aromatic carbocycles. The zero-order chi connectivity index (χ0) is 67.1. The van der Waals surface area contributed by atoms with Crippen LogP contribution in [0.4, 0.5) is 23.7 Å². The minimum Gasteiger partial charge on any atom is -0.379 e. The lowest BCUT2D eigenvalue weighted by Gasteiger charge is -2.17. The van der Waals surface area contributed by atoms with Crippen molar-refractivity contribution in [1.82, 2.24) is 25.1 Å². The number of carbonyl (C=O) groups excluding carboxylic acids is 4. The molecule has 0 bridgehead atoms. The first kappa shape index (κ1) is 73.7. The molecule has 2 heterocycles. The lowest BCUT2D eigenvalue weighted by Crippen LogP contribution is -2.37. The van der Waals surface area contributed by atoms with E-state index in [9.17, 15) is 55.6 Å². The van der Waals surface area contributed by atoms with Crippen LogP contribution in [0.5, 0.6) is 0 Å². The quantitative estimate of drug-likeness (QED) is 0.0184. The Kier molecular flexibility index (Phi) is 30.6. The van der Waals surface area contributed by atoms with Gasteiger partial charge in [-0.15, -0.1) is 0 Å². The fourth-order valence-corrected chi connectivity index (χ4v) is 11.8. The van der Waals surface area contributed by atoms with E-state index in [-0.39, 0.29) is 121 Å². The minimum atomic E-state index is -4.71. The summed E-state index contributed by atoms with van der Waals surface area (Å²) >= 11 is 0. The number of ketones is 2. The maximum atomic E-state index is 13.8. The van der Waals surface area contributed by atoms with Gasteiger partial charge in [0.2, 0.25) is 0 Å². The van der Waals surface area contributed by atoms with Gasteiger partial charge in [0.05, 0.1) is 127 Å². The van der Waals surface area contributed by atoms with E-state index in [1.54, 1.807) is 49.4 Å². The molecule has 2 atom stereocenters. The molecule has 26 heteroatoms. The predicted octanol–water partition coefficient (Wildman–Crippen LogP) is 9.39. The molecule has 93 heavy (non-hydrogen) atoms. The number of carbonyl (C=O) groups is 4. The van der Waals surface area contributed by atoms with Crippen molar-refractivity contribution in [2.45, 2.75) is 97.9 Å². The minimum absolute atomic E-state index is 0.0454. The number of Topliss-reactive ketones (excluding diaryl/α,β-unsaturated/α-hetero) is 2. The van der Waals surface area contributed by atoms with Crippen molar-refractivity contribution in [2.24, 2.45) is 0 Å². The van der Waals surface area contributed by atoms with Crippen molar-refractivity contribution in [1.29, 1.82) is 5.26 Å². The number of pyridine rings is 2. The van der Waals surface area contributed by atoms with E-state index in [2.05, 4.69) is 20.8 Å². The number of nitrogens with one attached hydrogen (secondary N) is 3. The number of nitriles is 1. The molecule has 6 rings (SSSR count). The number of hydrogen-bond acceptors (Lipinski definition) is 15. The average Bonchev–Trinajstić information content (AvgIpc) is 0.948. The lowest BCUT2D eigenvalue weighted by molar-refractivity contribution is -0.137. The number of benzene rings is 4. The lowest BCUT2D eigenvalue weighted by atomic mass is 10.1. The van der Waals surface area contributed by atoms with Crippen LogP contribution in [0.25, 0.3) is 16.2 Å². The summed E-state index contributed by atoms with van der Waals surface area (Å²) in [5, 5.41) is 17.4. The SMILES string of the molecule is [C-]#[N+]c1ccc(S(=O)c2cc(C(=O)NCCOCCOCCOCCNC(=O)NCCCCCC(=O)CCCOCCOCCOCCCC(=O)c3cc(S(=O)c4ccc(C#N)cc4)c(C)n(-c4cccc(C(F)(F)F)c4)c3=O)c(=O)n(-c3cccc(C)c3)c2C)cc1. The molecule has 0 saturated heterocycles. The van der Waals surface area contributed by atoms with Gasteiger partial charge in [-0.3, -0.25) is 33.1 Å². The van der Waals surface area contributed by atoms with Crippen molar-refractivity contribution in [3.8, 4) is 17.4 Å². The number of ether oxygens (including phenoxy) is 6. The molecule has 0 radical (unpaired) electrons. The smallest absolute Gasteiger partial charge is 0.379 e. The molecule has 6 aromatic rings. The molecule has 21 nitrogen and oxygen atoms in total. The van der Waals surface area contributed by atoms with Gasteiger partial charge in [-0.05, 0) is 119 Å². The molecule has 0 aliphatic rings. The van der Waals surface area contributed by atoms with Gasteiger partial charge in [-0.25, -0.2) is 18.1 Å². The first-order valence-corrected chi connectivity index (χ1v) is 32.5. The van der Waals surface area contributed by atoms with Gasteiger partial charge in [0.1, 0.15) is 11.3 Å². The van der Waals surface area contributed by atoms with E-state index >= 15 is 0 Å². The molecule has 0 saturated carbocycles. The molecule has 0 fully saturated rings. The maximum Gasteiger partial charge on any atom is 0.416 e. The number of aromatic nitrogens is 2. The van der Waals surface area contributed by atoms with Crippen LogP contribution >= 0.6 is 0 Å². The predicted molar refractivity (Wildman–Crippen MR) is 341 cm³/mol. The van der Waals surface area contributed by atoms with Crippen LogP contribution in [-0.2, 0) is 61.0 Å². The molecule has 496 valence electrons. The number of alkyl halides is 3. The van der Waals surface area contributed by atoms with Gasteiger partial charge in [0.25, 0.3) is 17.0 Å². The third-order valence-corrected chi connectivity index (χ3v) is 17.2. The number of urea groups is 1. The Morgan fingerprint density at radius 2 is 1.02 bits per heavy atom. The second kappa shape index (κ2) is 38.6. The highest BCUT2D eigenvalue weighted by Gasteiger charge is 2.31. The van der Waals surface area contributed by atoms with E-state index in [4.69, 9.17) is 35.0 Å². The second-order valence-corrected chi connectivity index (χ2v) is 24.0. The van der Waals surface area contributed by atoms with E-state index < -0.39 is 56.1 Å². The van der Waals surface area contributed by atoms with Crippen LogP contribution in [0.2, 0.25) is 0 Å². The molecule has 3 amide bonds. The highest BCUT2D eigenvalue weighted by molar-refractivity contribution is 7.85. The Morgan fingerprint density at radius 3 is 1.57 bits per heavy atom. The summed E-state index contributed by atoms with van der Waals surface area (Å²) in [5.74, 6) is -1.12. The topological polar surface area (TPSA) is 266 Å². The number of rotatable bonds is 40. The zero-order valence-electron chi connectivity index (χ0n) is 52.1. The van der Waals surface area contributed by atoms with E-state index in [0.29, 0.717) is 99.1 Å². The van der Waals surface area contributed by atoms with Crippen molar-refractivity contribution in [3.05, 3.63) is 181 Å². The fourth-order valence-electron chi connectivity index (χ4n) is 9.37. The average molecular weight is 1320 g/mol. The highest BCUT2D eigenvalue weighted by Crippen LogP contribution is 2.32. The van der Waals surface area contributed by atoms with Crippen molar-refractivity contribution >= 4 is 50.8 Å². The first-order chi connectivity index (χ1) is 44.8. The van der Waals surface area contributed by atoms with Gasteiger partial charge in [-0.2, -0.15) is 18.4 Å². The highest BCUT2D eigenvalue weighted by atomic mass is 32.2. The van der Waals surface area contributed by atoms with E-state index in [0.717, 1.165) is 34.8 Å². The summed E-state index contributed by atoms with van der Waals surface area (Å²) in [5.41, 5.74) is -0.482. The molecule has 0 aliphatic heterocycles. The Morgan fingerprint density at radius 1 is 0.548 bits per heavy atom. The number of hydrogen-bond donors (Lipinski definition) is 3. The molecular weight excluding hydrogens is 1250 g/mol. The van der Waals surface area contributed by atoms with Crippen molar-refractivity contribution in [2.75, 3.05) is 98.9 Å². The summed E-state index contributed by atoms with van der Waals surface area (Å²) in [6.45, 7) is 16.2. The summed E-state index contributed by atoms with van der Waals surface area (Å²) in [6, 6.07) is 27.7. The van der Waals surface area contributed by atoms with E-state index in [1.165, 1.54) is 54.0 Å². The summed E-state index contributed by atoms with van der Waals surface area (Å²) in [4.78, 5) is 83.4. The summed E-state index contributed by atoms with van der Waals surface area (Å²) < 4.78 is 104. The van der Waals surface area contributed by atoms with Crippen molar-refractivity contribution in [3.63, 3.8) is 0 Å². The van der Waals surface area contributed by atoms with Crippen LogP contribution in [0.3, 0.4) is 0 Å². The van der Waals surface area contributed by atoms with Crippen LogP contribution in [0.1, 0.15) is 100 Å². The number of halogens is 3. The number of unbranched alkanes of at least 4 members (excludes halogenated alkanes) is 2. The van der Waals surface area contributed by atoms with Crippen LogP contribution < -0.4 is 27.1 Å². The van der Waals surface area contributed by atoms with Gasteiger partial charge in [0, 0.05) is 84.7 Å². The summed E-state index contributed by atoms with van der Waals surface area (Å²) in [7, 11) is -3.74. The Bertz CT molecular complexity index is 3750. The molecule has 2 aromatic heterocycles. The summed E-state index contributed by atoms with van der Waals surface area (Å²) in [6.07, 6.45) is -1.07. The molecule has 2 unspecified atom stereocenters. The zero-order valence-corrected chi connectivity index (χ0v) is 53.7. The number of nitrogens with zero attached hydrogens (tertiary/aromatic N) is 4. The first-order valence-electron chi connectivity index (χ1n) is 30.2. The van der Waals surface area contributed by atoms with Gasteiger partial charge < -0.3 is 44.4 Å². The van der Waals surface area contributed by atoms with Crippen LogP contribution in [-0.4, -0.2) is 140 Å². The van der Waals surface area contributed by atoms with Gasteiger partial charge in [-0.1, -0.05) is 48.9 Å². The third-order valence-electron chi connectivity index (χ3n) is 14.2. The van der Waals surface area contributed by atoms with Crippen molar-refractivity contribution < 1.29 is 69.2 Å². The standard InChI is InChI=1S/C67H76F3N7O14S2/c1-47-12-8-14-53(42-47)76-49(3)62(93(85)57-25-21-52(72-4)22-26-57)45-59(65(76)82)63(80)73-28-32-88-36-40-91-41-37-89-33-29-75-66(83)74-27-7-5-6-16-55(78)17-10-30-86-34-38-90-39-35-87-31-11-18-60(79)58-44-61(92(84)56-23-19-50(46-71)20-24-56)48(2)77(64(58)81)54-15-9-13-51(43-54)67(68,69)70/h8-9,12-15,19-26,42-45H,5-7,10-11,16-18,27-41H2,1-3H3,(H,73,80)(H2,74,75,83). The largest absolute Gasteiger partial charge is 0.416 e. The molecular formula is C67H76F3N7O14S2. The molecule has 0 aliphatic carbocycles. The van der Waals surface area contributed by atoms with E-state index in [1.807, 2.05) is 19.1 Å². The maximum absolute atomic E-state index is 13.8. The normalized spacial score (nSPS) is 12.0. The number of aryl methyl sites for hydroxylation is 1. The molecule has 0 spiro atoms. The third kappa shape index (κ3) is 23.3. The molecule has 3 N–H and O–H groups in total. The Balaban J connectivity index is 0.728. The monoisotopic (exact) mass is 1320 g/mol. The van der Waals surface area contributed by atoms with Crippen LogP contribution in [0.15, 0.2) is 138 Å². The van der Waals surface area contributed by atoms with Gasteiger partial charge >= 0.3 is 12.2 Å². The second-order valence-electron chi connectivity index (χ2n) is 21.1. The number of amides is 3. The Labute approximate surface area is 542 Å².